The Morgan fingerprint density at radius 1 is 0.889 bits per heavy atom. The van der Waals surface area contributed by atoms with E-state index in [4.69, 9.17) is 9.47 Å². The van der Waals surface area contributed by atoms with E-state index in [9.17, 15) is 4.79 Å². The van der Waals surface area contributed by atoms with Crippen LogP contribution in [0.5, 0.6) is 11.5 Å². The molecule has 0 saturated heterocycles. The fourth-order valence-electron chi connectivity index (χ4n) is 3.09. The number of carbonyl (C=O) groups is 1. The summed E-state index contributed by atoms with van der Waals surface area (Å²) in [5, 5.41) is 8.43. The number of fused-ring (bicyclic) bond motifs is 2. The molecule has 0 saturated carbocycles. The van der Waals surface area contributed by atoms with Crippen LogP contribution >= 0.6 is 0 Å². The van der Waals surface area contributed by atoms with Gasteiger partial charge in [0.25, 0.3) is 0 Å². The predicted octanol–water partition coefficient (Wildman–Crippen LogP) is 4.44. The van der Waals surface area contributed by atoms with Gasteiger partial charge in [-0.2, -0.15) is 0 Å². The second kappa shape index (κ2) is 7.58. The lowest BCUT2D eigenvalue weighted by atomic mass is 10.1. The van der Waals surface area contributed by atoms with E-state index in [1.165, 1.54) is 0 Å². The van der Waals surface area contributed by atoms with E-state index in [0.717, 1.165) is 34.3 Å². The summed E-state index contributed by atoms with van der Waals surface area (Å²) in [6.07, 6.45) is 0.863. The average molecular weight is 362 g/mol. The Morgan fingerprint density at radius 2 is 1.63 bits per heavy atom. The third kappa shape index (κ3) is 3.97. The molecule has 1 aliphatic rings. The zero-order valence-corrected chi connectivity index (χ0v) is 15.2. The van der Waals surface area contributed by atoms with Gasteiger partial charge in [0.15, 0.2) is 11.5 Å². The van der Waals surface area contributed by atoms with Gasteiger partial charge >= 0.3 is 0 Å². The van der Waals surface area contributed by atoms with Gasteiger partial charge in [0.1, 0.15) is 6.04 Å². The molecule has 4 rings (SSSR count). The molecule has 5 nitrogen and oxygen atoms in total. The summed E-state index contributed by atoms with van der Waals surface area (Å²) in [6, 6.07) is 19.2. The summed E-state index contributed by atoms with van der Waals surface area (Å²) in [4.78, 5) is 12.6. The third-order valence-electron chi connectivity index (χ3n) is 4.54. The molecule has 1 aliphatic heterocycles. The molecule has 0 fully saturated rings. The van der Waals surface area contributed by atoms with Crippen LogP contribution in [0.1, 0.15) is 13.3 Å². The summed E-state index contributed by atoms with van der Waals surface area (Å²) < 4.78 is 11.3. The Balaban J connectivity index is 1.43. The van der Waals surface area contributed by atoms with Gasteiger partial charge in [-0.1, -0.05) is 30.3 Å². The number of anilines is 2. The molecule has 1 amide bonds. The fraction of sp³-hybridized carbons (Fsp3) is 0.227. The van der Waals surface area contributed by atoms with Gasteiger partial charge in [0, 0.05) is 23.9 Å². The summed E-state index contributed by atoms with van der Waals surface area (Å²) in [5.74, 6) is 1.35. The van der Waals surface area contributed by atoms with Crippen molar-refractivity contribution in [2.24, 2.45) is 0 Å². The van der Waals surface area contributed by atoms with E-state index < -0.39 is 6.04 Å². The van der Waals surface area contributed by atoms with Gasteiger partial charge in [0.2, 0.25) is 5.91 Å². The minimum absolute atomic E-state index is 0.0996. The summed E-state index contributed by atoms with van der Waals surface area (Å²) >= 11 is 0. The Kier molecular flexibility index (Phi) is 4.83. The molecule has 3 aromatic rings. The monoisotopic (exact) mass is 362 g/mol. The van der Waals surface area contributed by atoms with Gasteiger partial charge in [-0.15, -0.1) is 0 Å². The molecular formula is C22H22N2O3. The molecule has 3 aromatic carbocycles. The maximum Gasteiger partial charge on any atom is 0.246 e. The Hall–Kier alpha value is -3.21. The number of hydrogen-bond acceptors (Lipinski definition) is 4. The highest BCUT2D eigenvalue weighted by atomic mass is 16.5. The molecule has 1 atom stereocenters. The molecule has 0 bridgehead atoms. The van der Waals surface area contributed by atoms with Crippen LogP contribution in [-0.4, -0.2) is 25.2 Å². The quantitative estimate of drug-likeness (QED) is 0.720. The number of hydrogen-bond donors (Lipinski definition) is 2. The second-order valence-corrected chi connectivity index (χ2v) is 6.63. The van der Waals surface area contributed by atoms with Crippen LogP contribution in [0, 0.1) is 0 Å². The van der Waals surface area contributed by atoms with Crippen LogP contribution in [0.3, 0.4) is 0 Å². The molecule has 0 aromatic heterocycles. The Morgan fingerprint density at radius 3 is 2.48 bits per heavy atom. The molecular weight excluding hydrogens is 340 g/mol. The van der Waals surface area contributed by atoms with Crippen molar-refractivity contribution in [3.05, 3.63) is 60.7 Å². The Labute approximate surface area is 158 Å². The molecule has 0 unspecified atom stereocenters. The first-order chi connectivity index (χ1) is 13.2. The third-order valence-corrected chi connectivity index (χ3v) is 4.54. The maximum absolute atomic E-state index is 12.6. The topological polar surface area (TPSA) is 59.6 Å². The maximum atomic E-state index is 12.6. The summed E-state index contributed by atoms with van der Waals surface area (Å²) in [5.41, 5.74) is 1.60. The van der Waals surface area contributed by atoms with Crippen LogP contribution in [0.25, 0.3) is 10.8 Å². The predicted molar refractivity (Wildman–Crippen MR) is 108 cm³/mol. The molecule has 27 heavy (non-hydrogen) atoms. The molecule has 0 spiro atoms. The molecule has 0 radical (unpaired) electrons. The lowest BCUT2D eigenvalue weighted by Crippen LogP contribution is -2.31. The first-order valence-electron chi connectivity index (χ1n) is 9.15. The molecule has 0 aliphatic carbocycles. The zero-order chi connectivity index (χ0) is 18.6. The first kappa shape index (κ1) is 17.2. The van der Waals surface area contributed by atoms with Gasteiger partial charge in [-0.05, 0) is 42.0 Å². The van der Waals surface area contributed by atoms with Crippen LogP contribution in [-0.2, 0) is 4.79 Å². The van der Waals surface area contributed by atoms with Crippen molar-refractivity contribution < 1.29 is 14.3 Å². The van der Waals surface area contributed by atoms with Crippen LogP contribution in [0.4, 0.5) is 11.4 Å². The van der Waals surface area contributed by atoms with E-state index in [0.29, 0.717) is 19.0 Å². The lowest BCUT2D eigenvalue weighted by molar-refractivity contribution is -0.116. The van der Waals surface area contributed by atoms with E-state index in [2.05, 4.69) is 16.7 Å². The van der Waals surface area contributed by atoms with E-state index in [1.807, 2.05) is 61.5 Å². The van der Waals surface area contributed by atoms with E-state index >= 15 is 0 Å². The molecule has 1 heterocycles. The normalized spacial score (nSPS) is 14.3. The van der Waals surface area contributed by atoms with Crippen LogP contribution in [0.2, 0.25) is 0 Å². The standard InChI is InChI=1S/C22H22N2O3/c1-15(23-19-9-10-20-21(14-19)27-12-4-11-26-20)22(25)24-18-8-7-16-5-2-3-6-17(16)13-18/h2-3,5-10,13-15,23H,4,11-12H2,1H3,(H,24,25)/t15-/m0/s1. The van der Waals surface area contributed by atoms with Crippen LogP contribution < -0.4 is 20.1 Å². The highest BCUT2D eigenvalue weighted by Crippen LogP contribution is 2.32. The number of amides is 1. The fourth-order valence-corrected chi connectivity index (χ4v) is 3.09. The van der Waals surface area contributed by atoms with Gasteiger partial charge in [-0.25, -0.2) is 0 Å². The number of ether oxygens (including phenoxy) is 2. The van der Waals surface area contributed by atoms with Crippen molar-refractivity contribution in [1.29, 1.82) is 0 Å². The second-order valence-electron chi connectivity index (χ2n) is 6.63. The van der Waals surface area contributed by atoms with Crippen LogP contribution in [0.15, 0.2) is 60.7 Å². The van der Waals surface area contributed by atoms with Gasteiger partial charge in [-0.3, -0.25) is 4.79 Å². The highest BCUT2D eigenvalue weighted by molar-refractivity contribution is 5.98. The van der Waals surface area contributed by atoms with Gasteiger partial charge in [0.05, 0.1) is 13.2 Å². The number of nitrogens with one attached hydrogen (secondary N) is 2. The largest absolute Gasteiger partial charge is 0.490 e. The SMILES string of the molecule is C[C@H](Nc1ccc2c(c1)OCCCO2)C(=O)Nc1ccc2ccccc2c1. The highest BCUT2D eigenvalue weighted by Gasteiger charge is 2.15. The van der Waals surface area contributed by atoms with E-state index in [-0.39, 0.29) is 5.91 Å². The average Bonchev–Trinajstić information content (AvgIpc) is 2.93. The van der Waals surface area contributed by atoms with Crippen molar-refractivity contribution in [3.8, 4) is 11.5 Å². The summed E-state index contributed by atoms with van der Waals surface area (Å²) in [6.45, 7) is 3.12. The van der Waals surface area contributed by atoms with E-state index in [1.54, 1.807) is 0 Å². The molecule has 138 valence electrons. The van der Waals surface area contributed by atoms with Crippen molar-refractivity contribution in [1.82, 2.24) is 0 Å². The smallest absolute Gasteiger partial charge is 0.246 e. The van der Waals surface area contributed by atoms with Crippen molar-refractivity contribution in [3.63, 3.8) is 0 Å². The minimum atomic E-state index is -0.402. The number of rotatable bonds is 4. The minimum Gasteiger partial charge on any atom is -0.490 e. The molecule has 2 N–H and O–H groups in total. The first-order valence-corrected chi connectivity index (χ1v) is 9.15. The zero-order valence-electron chi connectivity index (χ0n) is 15.2. The Bertz CT molecular complexity index is 971. The molecule has 5 heteroatoms. The van der Waals surface area contributed by atoms with Crippen molar-refractivity contribution in [2.45, 2.75) is 19.4 Å². The number of carbonyl (C=O) groups excluding carboxylic acids is 1. The summed E-state index contributed by atoms with van der Waals surface area (Å²) in [7, 11) is 0. The van der Waals surface area contributed by atoms with Crippen molar-refractivity contribution >= 4 is 28.1 Å². The lowest BCUT2D eigenvalue weighted by Gasteiger charge is -2.17. The number of benzene rings is 3. The van der Waals surface area contributed by atoms with Gasteiger partial charge < -0.3 is 20.1 Å². The van der Waals surface area contributed by atoms with Crippen molar-refractivity contribution in [2.75, 3.05) is 23.8 Å².